The minimum absolute atomic E-state index is 0.00930. The van der Waals surface area contributed by atoms with Crippen LogP contribution in [0.25, 0.3) is 0 Å². The molecule has 3 rings (SSSR count). The van der Waals surface area contributed by atoms with Crippen LogP contribution in [-0.4, -0.2) is 52.7 Å². The number of likely N-dealkylation sites (tertiary alicyclic amines) is 1. The summed E-state index contributed by atoms with van der Waals surface area (Å²) in [5, 5.41) is 0. The molecule has 0 N–H and O–H groups in total. The summed E-state index contributed by atoms with van der Waals surface area (Å²) in [6.45, 7) is 0.235. The topological polar surface area (TPSA) is 88.6 Å². The van der Waals surface area contributed by atoms with E-state index in [9.17, 15) is 39.2 Å². The van der Waals surface area contributed by atoms with Crippen LogP contribution >= 0.6 is 0 Å². The van der Waals surface area contributed by atoms with Gasteiger partial charge in [-0.15, -0.1) is 0 Å². The SMILES string of the molecule is CS(=O)(=O)c1cc(C(F)(F)F)ccc1C(=O)N1CCC(CS(=O)(=O)c2ccc(F)cc2)CC1. The summed E-state index contributed by atoms with van der Waals surface area (Å²) in [6, 6.07) is 6.43. The quantitative estimate of drug-likeness (QED) is 0.456. The van der Waals surface area contributed by atoms with Crippen molar-refractivity contribution in [2.45, 2.75) is 28.8 Å². The number of nitrogens with zero attached hydrogens (tertiary/aromatic N) is 1. The van der Waals surface area contributed by atoms with E-state index in [1.165, 1.54) is 17.0 Å². The summed E-state index contributed by atoms with van der Waals surface area (Å²) in [7, 11) is -7.79. The van der Waals surface area contributed by atoms with Gasteiger partial charge in [0.05, 0.1) is 26.7 Å². The standard InChI is InChI=1S/C21H21F4NO5S2/c1-32(28,29)19-12-15(21(23,24)25)2-7-18(19)20(27)26-10-8-14(9-11-26)13-33(30,31)17-5-3-16(22)4-6-17/h2-7,12,14H,8-11,13H2,1H3. The molecule has 6 nitrogen and oxygen atoms in total. The lowest BCUT2D eigenvalue weighted by Crippen LogP contribution is -2.40. The van der Waals surface area contributed by atoms with Crippen LogP contribution in [0.2, 0.25) is 0 Å². The number of sulfone groups is 2. The van der Waals surface area contributed by atoms with E-state index in [1.807, 2.05) is 0 Å². The molecule has 0 spiro atoms. The molecule has 0 atom stereocenters. The first-order valence-corrected chi connectivity index (χ1v) is 13.4. The third-order valence-corrected chi connectivity index (χ3v) is 8.51. The normalized spacial score (nSPS) is 16.1. The predicted octanol–water partition coefficient (Wildman–Crippen LogP) is 3.57. The van der Waals surface area contributed by atoms with Gasteiger partial charge in [0.2, 0.25) is 0 Å². The molecule has 0 unspecified atom stereocenters. The van der Waals surface area contributed by atoms with Crippen LogP contribution in [-0.2, 0) is 25.9 Å². The molecule has 0 saturated carbocycles. The van der Waals surface area contributed by atoms with Crippen LogP contribution in [0.1, 0.15) is 28.8 Å². The Hall–Kier alpha value is -2.47. The lowest BCUT2D eigenvalue weighted by molar-refractivity contribution is -0.137. The number of carbonyl (C=O) groups excluding carboxylic acids is 1. The molecule has 1 aliphatic heterocycles. The van der Waals surface area contributed by atoms with Crippen LogP contribution < -0.4 is 0 Å². The zero-order valence-electron chi connectivity index (χ0n) is 17.5. The summed E-state index contributed by atoms with van der Waals surface area (Å²) in [4.78, 5) is 13.5. The first kappa shape index (κ1) is 25.2. The van der Waals surface area contributed by atoms with E-state index >= 15 is 0 Å². The predicted molar refractivity (Wildman–Crippen MR) is 112 cm³/mol. The maximum absolute atomic E-state index is 13.0. The van der Waals surface area contributed by atoms with Gasteiger partial charge in [-0.2, -0.15) is 13.2 Å². The Kier molecular flexibility index (Phi) is 6.90. The molecule has 0 radical (unpaired) electrons. The largest absolute Gasteiger partial charge is 0.416 e. The number of benzene rings is 2. The van der Waals surface area contributed by atoms with Gasteiger partial charge in [0.1, 0.15) is 5.82 Å². The first-order chi connectivity index (χ1) is 15.2. The second-order valence-corrected chi connectivity index (χ2v) is 12.0. The molecule has 1 amide bonds. The van der Waals surface area contributed by atoms with E-state index in [4.69, 9.17) is 0 Å². The minimum atomic E-state index is -4.77. The van der Waals surface area contributed by atoms with E-state index in [-0.39, 0.29) is 35.2 Å². The molecule has 1 fully saturated rings. The number of halogens is 4. The Morgan fingerprint density at radius 3 is 2.09 bits per heavy atom. The van der Waals surface area contributed by atoms with Crippen molar-refractivity contribution < 1.29 is 39.2 Å². The Morgan fingerprint density at radius 1 is 1.00 bits per heavy atom. The molecular weight excluding hydrogens is 486 g/mol. The Bertz CT molecular complexity index is 1250. The molecule has 2 aromatic rings. The van der Waals surface area contributed by atoms with E-state index in [1.54, 1.807) is 0 Å². The first-order valence-electron chi connectivity index (χ1n) is 9.87. The molecule has 12 heteroatoms. The van der Waals surface area contributed by atoms with Gasteiger partial charge in [-0.25, -0.2) is 21.2 Å². The third-order valence-electron chi connectivity index (χ3n) is 5.47. The summed E-state index contributed by atoms with van der Waals surface area (Å²) in [5.41, 5.74) is -1.54. The molecule has 1 heterocycles. The molecular formula is C21H21F4NO5S2. The Labute approximate surface area is 189 Å². The summed E-state index contributed by atoms with van der Waals surface area (Å²) in [5.74, 6) is -1.78. The fraction of sp³-hybridized carbons (Fsp3) is 0.381. The van der Waals surface area contributed by atoms with Crippen molar-refractivity contribution in [2.75, 3.05) is 25.1 Å². The number of carbonyl (C=O) groups is 1. The van der Waals surface area contributed by atoms with E-state index < -0.39 is 48.0 Å². The molecule has 2 aromatic carbocycles. The van der Waals surface area contributed by atoms with Gasteiger partial charge in [0, 0.05) is 19.3 Å². The highest BCUT2D eigenvalue weighted by atomic mass is 32.2. The number of hydrogen-bond acceptors (Lipinski definition) is 5. The number of rotatable bonds is 5. The number of hydrogen-bond donors (Lipinski definition) is 0. The Morgan fingerprint density at radius 2 is 1.58 bits per heavy atom. The van der Waals surface area contributed by atoms with Crippen molar-refractivity contribution in [1.82, 2.24) is 4.90 Å². The lowest BCUT2D eigenvalue weighted by atomic mass is 9.98. The van der Waals surface area contributed by atoms with Crippen LogP contribution in [0.15, 0.2) is 52.3 Å². The van der Waals surface area contributed by atoms with E-state index in [2.05, 4.69) is 0 Å². The maximum atomic E-state index is 13.0. The summed E-state index contributed by atoms with van der Waals surface area (Å²) >= 11 is 0. The van der Waals surface area contributed by atoms with Crippen LogP contribution in [0.4, 0.5) is 17.6 Å². The van der Waals surface area contributed by atoms with Gasteiger partial charge < -0.3 is 4.90 Å². The van der Waals surface area contributed by atoms with Crippen molar-refractivity contribution in [3.63, 3.8) is 0 Å². The number of alkyl halides is 3. The molecule has 1 saturated heterocycles. The monoisotopic (exact) mass is 507 g/mol. The highest BCUT2D eigenvalue weighted by molar-refractivity contribution is 7.91. The molecule has 0 aromatic heterocycles. The van der Waals surface area contributed by atoms with Crippen molar-refractivity contribution in [3.8, 4) is 0 Å². The summed E-state index contributed by atoms with van der Waals surface area (Å²) < 4.78 is 101. The van der Waals surface area contributed by atoms with Gasteiger partial charge in [0.15, 0.2) is 19.7 Å². The second-order valence-electron chi connectivity index (χ2n) is 7.95. The van der Waals surface area contributed by atoms with E-state index in [0.717, 1.165) is 24.5 Å². The zero-order chi connectivity index (χ0) is 24.6. The van der Waals surface area contributed by atoms with Crippen LogP contribution in [0.5, 0.6) is 0 Å². The molecule has 0 aliphatic carbocycles. The van der Waals surface area contributed by atoms with Crippen molar-refractivity contribution in [3.05, 3.63) is 59.4 Å². The minimum Gasteiger partial charge on any atom is -0.339 e. The molecule has 0 bridgehead atoms. The molecule has 180 valence electrons. The number of amides is 1. The van der Waals surface area contributed by atoms with Gasteiger partial charge in [-0.1, -0.05) is 0 Å². The van der Waals surface area contributed by atoms with Crippen molar-refractivity contribution in [2.24, 2.45) is 5.92 Å². The lowest BCUT2D eigenvalue weighted by Gasteiger charge is -2.32. The zero-order valence-corrected chi connectivity index (χ0v) is 19.1. The van der Waals surface area contributed by atoms with E-state index in [0.29, 0.717) is 25.0 Å². The third kappa shape index (κ3) is 5.91. The van der Waals surface area contributed by atoms with Gasteiger partial charge in [-0.05, 0) is 61.2 Å². The molecule has 33 heavy (non-hydrogen) atoms. The van der Waals surface area contributed by atoms with Crippen molar-refractivity contribution in [1.29, 1.82) is 0 Å². The highest BCUT2D eigenvalue weighted by Crippen LogP contribution is 2.33. The Balaban J connectivity index is 1.74. The number of piperidine rings is 1. The van der Waals surface area contributed by atoms with Crippen LogP contribution in [0, 0.1) is 11.7 Å². The van der Waals surface area contributed by atoms with Gasteiger partial charge in [-0.3, -0.25) is 4.79 Å². The smallest absolute Gasteiger partial charge is 0.339 e. The van der Waals surface area contributed by atoms with Gasteiger partial charge in [0.25, 0.3) is 5.91 Å². The average Bonchev–Trinajstić information content (AvgIpc) is 2.72. The second kappa shape index (κ2) is 9.05. The maximum Gasteiger partial charge on any atom is 0.416 e. The fourth-order valence-corrected chi connectivity index (χ4v) is 6.30. The molecule has 1 aliphatic rings. The highest BCUT2D eigenvalue weighted by Gasteiger charge is 2.34. The summed E-state index contributed by atoms with van der Waals surface area (Å²) in [6.07, 6.45) is -3.43. The van der Waals surface area contributed by atoms with Gasteiger partial charge >= 0.3 is 6.18 Å². The fourth-order valence-electron chi connectivity index (χ4n) is 3.70. The van der Waals surface area contributed by atoms with Crippen LogP contribution in [0.3, 0.4) is 0 Å². The van der Waals surface area contributed by atoms with Crippen molar-refractivity contribution >= 4 is 25.6 Å². The average molecular weight is 508 g/mol.